The highest BCUT2D eigenvalue weighted by Crippen LogP contribution is 2.19. The lowest BCUT2D eigenvalue weighted by molar-refractivity contribution is 0.0711. The number of aromatic nitrogens is 2. The molecule has 0 fully saturated rings. The summed E-state index contributed by atoms with van der Waals surface area (Å²) in [4.78, 5) is 22.2. The predicted molar refractivity (Wildman–Crippen MR) is 87.4 cm³/mol. The van der Waals surface area contributed by atoms with Crippen LogP contribution in [0.3, 0.4) is 0 Å². The number of carbonyl (C=O) groups is 1. The quantitative estimate of drug-likeness (QED) is 0.769. The van der Waals surface area contributed by atoms with Gasteiger partial charge in [-0.2, -0.15) is 0 Å². The van der Waals surface area contributed by atoms with E-state index in [4.69, 9.17) is 16.0 Å². The summed E-state index contributed by atoms with van der Waals surface area (Å²) in [5, 5.41) is 9.58. The van der Waals surface area contributed by atoms with Gasteiger partial charge >= 0.3 is 0 Å². The Kier molecular flexibility index (Phi) is 4.77. The molecular weight excluding hydrogens is 330 g/mol. The van der Waals surface area contributed by atoms with Gasteiger partial charge in [-0.3, -0.25) is 4.79 Å². The van der Waals surface area contributed by atoms with Gasteiger partial charge in [-0.1, -0.05) is 23.7 Å². The van der Waals surface area contributed by atoms with Gasteiger partial charge in [-0.25, -0.2) is 9.97 Å². The number of hydrogen-bond acceptors (Lipinski definition) is 5. The van der Waals surface area contributed by atoms with Gasteiger partial charge < -0.3 is 14.4 Å². The SMILES string of the molecule is O=C(c1ncncc1Cl)N(Cc1ccc(O)cc1)Cc1ccco1. The number of amides is 1. The van der Waals surface area contributed by atoms with Crippen LogP contribution in [0.25, 0.3) is 0 Å². The van der Waals surface area contributed by atoms with Crippen molar-refractivity contribution in [2.45, 2.75) is 13.1 Å². The van der Waals surface area contributed by atoms with Crippen molar-refractivity contribution in [3.63, 3.8) is 0 Å². The first-order chi connectivity index (χ1) is 11.6. The van der Waals surface area contributed by atoms with Gasteiger partial charge in [0.2, 0.25) is 0 Å². The van der Waals surface area contributed by atoms with E-state index < -0.39 is 0 Å². The molecule has 0 radical (unpaired) electrons. The molecule has 0 aliphatic heterocycles. The van der Waals surface area contributed by atoms with Crippen LogP contribution in [0, 0.1) is 0 Å². The molecule has 1 amide bonds. The largest absolute Gasteiger partial charge is 0.508 e. The van der Waals surface area contributed by atoms with Crippen LogP contribution in [0.4, 0.5) is 0 Å². The van der Waals surface area contributed by atoms with Crippen LogP contribution >= 0.6 is 11.6 Å². The number of phenolic OH excluding ortho intramolecular Hbond substituents is 1. The van der Waals surface area contributed by atoms with Gasteiger partial charge in [0.15, 0.2) is 0 Å². The van der Waals surface area contributed by atoms with E-state index >= 15 is 0 Å². The first-order valence-electron chi connectivity index (χ1n) is 7.18. The van der Waals surface area contributed by atoms with Crippen molar-refractivity contribution >= 4 is 17.5 Å². The zero-order valence-electron chi connectivity index (χ0n) is 12.6. The molecule has 0 aliphatic carbocycles. The van der Waals surface area contributed by atoms with Crippen LogP contribution in [-0.4, -0.2) is 25.9 Å². The molecule has 7 heteroatoms. The molecule has 0 bridgehead atoms. The van der Waals surface area contributed by atoms with Gasteiger partial charge in [0.25, 0.3) is 5.91 Å². The Morgan fingerprint density at radius 2 is 2.00 bits per heavy atom. The summed E-state index contributed by atoms with van der Waals surface area (Å²) >= 11 is 6.04. The van der Waals surface area contributed by atoms with Crippen molar-refractivity contribution in [1.29, 1.82) is 0 Å². The van der Waals surface area contributed by atoms with Crippen molar-refractivity contribution in [2.24, 2.45) is 0 Å². The maximum Gasteiger partial charge on any atom is 0.274 e. The van der Waals surface area contributed by atoms with Crippen molar-refractivity contribution < 1.29 is 14.3 Å². The van der Waals surface area contributed by atoms with Crippen molar-refractivity contribution in [1.82, 2.24) is 14.9 Å². The molecule has 0 saturated carbocycles. The number of benzene rings is 1. The summed E-state index contributed by atoms with van der Waals surface area (Å²) in [7, 11) is 0. The Bertz CT molecular complexity index is 819. The number of phenols is 1. The smallest absolute Gasteiger partial charge is 0.274 e. The van der Waals surface area contributed by atoms with E-state index in [1.165, 1.54) is 12.5 Å². The van der Waals surface area contributed by atoms with Crippen LogP contribution in [0.5, 0.6) is 5.75 Å². The van der Waals surface area contributed by atoms with Crippen molar-refractivity contribution in [3.05, 3.63) is 77.2 Å². The number of halogens is 1. The molecule has 122 valence electrons. The minimum absolute atomic E-state index is 0.136. The van der Waals surface area contributed by atoms with Gasteiger partial charge in [-0.15, -0.1) is 0 Å². The van der Waals surface area contributed by atoms with E-state index in [9.17, 15) is 9.90 Å². The number of furan rings is 1. The summed E-state index contributed by atoms with van der Waals surface area (Å²) < 4.78 is 5.34. The molecule has 1 aromatic carbocycles. The van der Waals surface area contributed by atoms with Crippen LogP contribution in [-0.2, 0) is 13.1 Å². The van der Waals surface area contributed by atoms with Crippen molar-refractivity contribution in [3.8, 4) is 5.75 Å². The minimum atomic E-state index is -0.327. The summed E-state index contributed by atoms with van der Waals surface area (Å²) in [6, 6.07) is 10.2. The molecule has 2 heterocycles. The standard InChI is InChI=1S/C17H14ClN3O3/c18-15-8-19-11-20-16(15)17(23)21(10-14-2-1-7-24-14)9-12-3-5-13(22)6-4-12/h1-8,11,22H,9-10H2. The van der Waals surface area contributed by atoms with Crippen LogP contribution < -0.4 is 0 Å². The lowest BCUT2D eigenvalue weighted by Gasteiger charge is -2.22. The van der Waals surface area contributed by atoms with Gasteiger partial charge in [-0.05, 0) is 29.8 Å². The molecule has 3 rings (SSSR count). The summed E-state index contributed by atoms with van der Waals surface area (Å²) in [5.74, 6) is 0.487. The second kappa shape index (κ2) is 7.14. The van der Waals surface area contributed by atoms with Crippen molar-refractivity contribution in [2.75, 3.05) is 0 Å². The zero-order valence-corrected chi connectivity index (χ0v) is 13.3. The number of hydrogen-bond donors (Lipinski definition) is 1. The summed E-state index contributed by atoms with van der Waals surface area (Å²) in [5.41, 5.74) is 0.995. The molecule has 6 nitrogen and oxygen atoms in total. The molecule has 0 unspecified atom stereocenters. The fraction of sp³-hybridized carbons (Fsp3) is 0.118. The molecule has 2 aromatic heterocycles. The van der Waals surface area contributed by atoms with Crippen LogP contribution in [0.2, 0.25) is 5.02 Å². The Morgan fingerprint density at radius 1 is 1.21 bits per heavy atom. The van der Waals surface area contributed by atoms with Gasteiger partial charge in [0.1, 0.15) is 23.5 Å². The van der Waals surface area contributed by atoms with E-state index in [0.717, 1.165) is 5.56 Å². The number of rotatable bonds is 5. The number of carbonyl (C=O) groups excluding carboxylic acids is 1. The highest BCUT2D eigenvalue weighted by molar-refractivity contribution is 6.33. The predicted octanol–water partition coefficient (Wildman–Crippen LogP) is 3.27. The molecule has 0 saturated heterocycles. The topological polar surface area (TPSA) is 79.5 Å². The van der Waals surface area contributed by atoms with Crippen LogP contribution in [0.1, 0.15) is 21.8 Å². The zero-order chi connectivity index (χ0) is 16.9. The maximum absolute atomic E-state index is 12.8. The van der Waals surface area contributed by atoms with E-state index in [0.29, 0.717) is 12.3 Å². The molecule has 0 aliphatic rings. The average molecular weight is 344 g/mol. The third-order valence-electron chi connectivity index (χ3n) is 3.39. The minimum Gasteiger partial charge on any atom is -0.508 e. The molecule has 24 heavy (non-hydrogen) atoms. The second-order valence-corrected chi connectivity index (χ2v) is 5.53. The lowest BCUT2D eigenvalue weighted by Crippen LogP contribution is -2.31. The van der Waals surface area contributed by atoms with E-state index in [-0.39, 0.29) is 28.9 Å². The summed E-state index contributed by atoms with van der Waals surface area (Å²) in [6.07, 6.45) is 4.22. The fourth-order valence-corrected chi connectivity index (χ4v) is 2.42. The summed E-state index contributed by atoms with van der Waals surface area (Å²) in [6.45, 7) is 0.590. The number of nitrogens with zero attached hydrogens (tertiary/aromatic N) is 3. The Balaban J connectivity index is 1.87. The maximum atomic E-state index is 12.8. The molecule has 3 aromatic rings. The Labute approximate surface area is 143 Å². The fourth-order valence-electron chi connectivity index (χ4n) is 2.23. The first kappa shape index (κ1) is 16.0. The van der Waals surface area contributed by atoms with Crippen LogP contribution in [0.15, 0.2) is 59.6 Å². The Hall–Kier alpha value is -2.86. The molecule has 0 atom stereocenters. The molecular formula is C17H14ClN3O3. The highest BCUT2D eigenvalue weighted by Gasteiger charge is 2.21. The lowest BCUT2D eigenvalue weighted by atomic mass is 10.2. The Morgan fingerprint density at radius 3 is 2.67 bits per heavy atom. The normalized spacial score (nSPS) is 10.5. The molecule has 1 N–H and O–H groups in total. The highest BCUT2D eigenvalue weighted by atomic mass is 35.5. The monoisotopic (exact) mass is 343 g/mol. The van der Waals surface area contributed by atoms with Gasteiger partial charge in [0.05, 0.1) is 17.8 Å². The average Bonchev–Trinajstić information content (AvgIpc) is 3.09. The molecule has 0 spiro atoms. The second-order valence-electron chi connectivity index (χ2n) is 5.13. The van der Waals surface area contributed by atoms with E-state index in [1.54, 1.807) is 47.6 Å². The number of aromatic hydroxyl groups is 1. The first-order valence-corrected chi connectivity index (χ1v) is 7.56. The van der Waals surface area contributed by atoms with Gasteiger partial charge in [0, 0.05) is 12.7 Å². The van der Waals surface area contributed by atoms with E-state index in [1.807, 2.05) is 0 Å². The third kappa shape index (κ3) is 3.72. The van der Waals surface area contributed by atoms with E-state index in [2.05, 4.69) is 9.97 Å². The third-order valence-corrected chi connectivity index (χ3v) is 3.67.